The van der Waals surface area contributed by atoms with Crippen molar-refractivity contribution in [1.82, 2.24) is 10.2 Å². The maximum absolute atomic E-state index is 11.1. The first-order valence-electron chi connectivity index (χ1n) is 5.93. The highest BCUT2D eigenvalue weighted by atomic mass is 16.6. The summed E-state index contributed by atoms with van der Waals surface area (Å²) in [6.45, 7) is 8.99. The van der Waals surface area contributed by atoms with Crippen LogP contribution in [0, 0.1) is 0 Å². The summed E-state index contributed by atoms with van der Waals surface area (Å²) < 4.78 is 10.2. The van der Waals surface area contributed by atoms with Crippen molar-refractivity contribution >= 4 is 6.09 Å². The van der Waals surface area contributed by atoms with Crippen molar-refractivity contribution in [3.05, 3.63) is 0 Å². The minimum Gasteiger partial charge on any atom is -0.447 e. The molecule has 0 unspecified atom stereocenters. The predicted octanol–water partition coefficient (Wildman–Crippen LogP) is 0.843. The van der Waals surface area contributed by atoms with Gasteiger partial charge in [0.05, 0.1) is 19.3 Å². The fourth-order valence-corrected chi connectivity index (χ4v) is 1.57. The number of nitrogens with one attached hydrogen (secondary N) is 1. The van der Waals surface area contributed by atoms with E-state index in [0.717, 1.165) is 39.3 Å². The molecule has 1 aliphatic rings. The van der Waals surface area contributed by atoms with Crippen molar-refractivity contribution in [3.8, 4) is 0 Å². The molecule has 1 amide bonds. The molecule has 0 bridgehead atoms. The van der Waals surface area contributed by atoms with Gasteiger partial charge in [0.1, 0.15) is 0 Å². The molecule has 1 aliphatic heterocycles. The first-order chi connectivity index (χ1) is 7.68. The van der Waals surface area contributed by atoms with Gasteiger partial charge in [-0.1, -0.05) is 0 Å². The van der Waals surface area contributed by atoms with E-state index in [1.54, 1.807) is 0 Å². The van der Waals surface area contributed by atoms with E-state index in [2.05, 4.69) is 10.2 Å². The van der Waals surface area contributed by atoms with Crippen LogP contribution in [0.1, 0.15) is 20.3 Å². The average Bonchev–Trinajstić information content (AvgIpc) is 2.25. The summed E-state index contributed by atoms with van der Waals surface area (Å²) in [5.74, 6) is 0. The number of morpholine rings is 1. The summed E-state index contributed by atoms with van der Waals surface area (Å²) in [6, 6.07) is 0. The van der Waals surface area contributed by atoms with Gasteiger partial charge in [0.25, 0.3) is 0 Å². The van der Waals surface area contributed by atoms with Crippen molar-refractivity contribution < 1.29 is 14.3 Å². The number of alkyl carbamates (subject to hydrolysis) is 1. The van der Waals surface area contributed by atoms with Crippen LogP contribution in [-0.4, -0.2) is 56.5 Å². The second-order valence-electron chi connectivity index (χ2n) is 4.19. The maximum atomic E-state index is 11.1. The molecule has 0 spiro atoms. The van der Waals surface area contributed by atoms with Crippen LogP contribution in [0.25, 0.3) is 0 Å². The van der Waals surface area contributed by atoms with Crippen molar-refractivity contribution in [3.63, 3.8) is 0 Å². The number of ether oxygens (including phenoxy) is 2. The summed E-state index contributed by atoms with van der Waals surface area (Å²) in [5.41, 5.74) is 0. The van der Waals surface area contributed by atoms with E-state index in [1.165, 1.54) is 0 Å². The zero-order valence-electron chi connectivity index (χ0n) is 10.2. The van der Waals surface area contributed by atoms with Gasteiger partial charge in [0.2, 0.25) is 0 Å². The highest BCUT2D eigenvalue weighted by molar-refractivity contribution is 5.67. The lowest BCUT2D eigenvalue weighted by atomic mass is 10.3. The molecular weight excluding hydrogens is 208 g/mol. The molecule has 1 fully saturated rings. The lowest BCUT2D eigenvalue weighted by Crippen LogP contribution is -2.38. The third kappa shape index (κ3) is 5.92. The third-order valence-electron chi connectivity index (χ3n) is 2.37. The smallest absolute Gasteiger partial charge is 0.407 e. The number of nitrogens with zero attached hydrogens (tertiary/aromatic N) is 1. The van der Waals surface area contributed by atoms with E-state index in [0.29, 0.717) is 6.54 Å². The Morgan fingerprint density at radius 3 is 2.75 bits per heavy atom. The van der Waals surface area contributed by atoms with Gasteiger partial charge in [0, 0.05) is 19.6 Å². The molecular formula is C11H22N2O3. The second-order valence-corrected chi connectivity index (χ2v) is 4.19. The first kappa shape index (κ1) is 13.3. The number of hydrogen-bond donors (Lipinski definition) is 1. The van der Waals surface area contributed by atoms with Gasteiger partial charge in [0.15, 0.2) is 0 Å². The molecule has 0 atom stereocenters. The highest BCUT2D eigenvalue weighted by Crippen LogP contribution is 1.97. The normalized spacial score (nSPS) is 17.4. The zero-order valence-corrected chi connectivity index (χ0v) is 10.2. The summed E-state index contributed by atoms with van der Waals surface area (Å²) >= 11 is 0. The van der Waals surface area contributed by atoms with Gasteiger partial charge >= 0.3 is 6.09 Å². The Hall–Kier alpha value is -0.810. The second kappa shape index (κ2) is 7.46. The Morgan fingerprint density at radius 2 is 2.12 bits per heavy atom. The lowest BCUT2D eigenvalue weighted by molar-refractivity contribution is 0.0373. The molecule has 94 valence electrons. The van der Waals surface area contributed by atoms with E-state index in [-0.39, 0.29) is 12.2 Å². The molecule has 1 saturated heterocycles. The Morgan fingerprint density at radius 1 is 1.44 bits per heavy atom. The number of carbonyl (C=O) groups is 1. The quantitative estimate of drug-likeness (QED) is 0.711. The number of rotatable bonds is 5. The van der Waals surface area contributed by atoms with Crippen molar-refractivity contribution in [2.24, 2.45) is 0 Å². The molecule has 0 aromatic rings. The van der Waals surface area contributed by atoms with Crippen molar-refractivity contribution in [2.45, 2.75) is 26.4 Å². The van der Waals surface area contributed by atoms with E-state index in [4.69, 9.17) is 9.47 Å². The van der Waals surface area contributed by atoms with Gasteiger partial charge in [-0.3, -0.25) is 4.90 Å². The molecule has 1 rings (SSSR count). The van der Waals surface area contributed by atoms with E-state index >= 15 is 0 Å². The van der Waals surface area contributed by atoms with Gasteiger partial charge < -0.3 is 14.8 Å². The minimum atomic E-state index is -0.322. The van der Waals surface area contributed by atoms with Crippen LogP contribution in [0.3, 0.4) is 0 Å². The van der Waals surface area contributed by atoms with Crippen molar-refractivity contribution in [2.75, 3.05) is 39.4 Å². The Balaban J connectivity index is 1.96. The third-order valence-corrected chi connectivity index (χ3v) is 2.37. The van der Waals surface area contributed by atoms with Crippen LogP contribution >= 0.6 is 0 Å². The molecule has 0 saturated carbocycles. The first-order valence-corrected chi connectivity index (χ1v) is 5.93. The SMILES string of the molecule is CC(C)OC(=O)NCCCN1CCOCC1. The molecule has 0 aromatic heterocycles. The molecule has 16 heavy (non-hydrogen) atoms. The Kier molecular flexibility index (Phi) is 6.18. The Labute approximate surface area is 97.1 Å². The molecule has 5 heteroatoms. The average molecular weight is 230 g/mol. The largest absolute Gasteiger partial charge is 0.447 e. The van der Waals surface area contributed by atoms with Crippen LogP contribution in [0.5, 0.6) is 0 Å². The Bertz CT molecular complexity index is 203. The summed E-state index contributed by atoms with van der Waals surface area (Å²) in [5, 5.41) is 2.73. The molecule has 0 aliphatic carbocycles. The number of amides is 1. The van der Waals surface area contributed by atoms with Crippen LogP contribution in [-0.2, 0) is 9.47 Å². The monoisotopic (exact) mass is 230 g/mol. The zero-order chi connectivity index (χ0) is 11.8. The van der Waals surface area contributed by atoms with Crippen LogP contribution < -0.4 is 5.32 Å². The predicted molar refractivity (Wildman–Crippen MR) is 61.5 cm³/mol. The number of hydrogen-bond acceptors (Lipinski definition) is 4. The van der Waals surface area contributed by atoms with Gasteiger partial charge in [-0.2, -0.15) is 0 Å². The topological polar surface area (TPSA) is 50.8 Å². The number of carbonyl (C=O) groups excluding carboxylic acids is 1. The molecule has 0 aromatic carbocycles. The molecule has 1 heterocycles. The standard InChI is InChI=1S/C11H22N2O3/c1-10(2)16-11(14)12-4-3-5-13-6-8-15-9-7-13/h10H,3-9H2,1-2H3,(H,12,14). The fraction of sp³-hybridized carbons (Fsp3) is 0.909. The van der Waals surface area contributed by atoms with Gasteiger partial charge in [-0.05, 0) is 26.8 Å². The van der Waals surface area contributed by atoms with E-state index in [1.807, 2.05) is 13.8 Å². The molecule has 5 nitrogen and oxygen atoms in total. The summed E-state index contributed by atoms with van der Waals surface area (Å²) in [6.07, 6.45) is 0.573. The van der Waals surface area contributed by atoms with Crippen LogP contribution in [0.15, 0.2) is 0 Å². The van der Waals surface area contributed by atoms with E-state index < -0.39 is 0 Å². The van der Waals surface area contributed by atoms with Gasteiger partial charge in [-0.15, -0.1) is 0 Å². The van der Waals surface area contributed by atoms with Crippen LogP contribution in [0.4, 0.5) is 4.79 Å². The fourth-order valence-electron chi connectivity index (χ4n) is 1.57. The maximum Gasteiger partial charge on any atom is 0.407 e. The summed E-state index contributed by atoms with van der Waals surface area (Å²) in [7, 11) is 0. The lowest BCUT2D eigenvalue weighted by Gasteiger charge is -2.26. The van der Waals surface area contributed by atoms with Crippen LogP contribution in [0.2, 0.25) is 0 Å². The van der Waals surface area contributed by atoms with Crippen molar-refractivity contribution in [1.29, 1.82) is 0 Å². The van der Waals surface area contributed by atoms with E-state index in [9.17, 15) is 4.79 Å². The highest BCUT2D eigenvalue weighted by Gasteiger charge is 2.09. The minimum absolute atomic E-state index is 0.0563. The summed E-state index contributed by atoms with van der Waals surface area (Å²) in [4.78, 5) is 13.5. The molecule has 0 radical (unpaired) electrons. The molecule has 1 N–H and O–H groups in total. The van der Waals surface area contributed by atoms with Gasteiger partial charge in [-0.25, -0.2) is 4.79 Å².